The van der Waals surface area contributed by atoms with Gasteiger partial charge in [-0.2, -0.15) is 5.26 Å². The monoisotopic (exact) mass is 218 g/mol. The predicted molar refractivity (Wildman–Crippen MR) is 65.4 cm³/mol. The maximum absolute atomic E-state index is 8.75. The largest absolute Gasteiger partial charge is 0.476 e. The van der Waals surface area contributed by atoms with Gasteiger partial charge in [0.15, 0.2) is 6.10 Å². The molecule has 1 aromatic carbocycles. The summed E-state index contributed by atoms with van der Waals surface area (Å²) in [5.41, 5.74) is 8.66. The molecular formula is C13H18N2O. The van der Waals surface area contributed by atoms with Gasteiger partial charge in [-0.3, -0.25) is 0 Å². The van der Waals surface area contributed by atoms with Crippen LogP contribution in [0.3, 0.4) is 0 Å². The Labute approximate surface area is 96.8 Å². The van der Waals surface area contributed by atoms with Gasteiger partial charge in [-0.05, 0) is 43.0 Å². The molecule has 0 aliphatic rings. The molecule has 0 saturated carbocycles. The van der Waals surface area contributed by atoms with E-state index in [0.717, 1.165) is 22.6 Å². The van der Waals surface area contributed by atoms with Crippen molar-refractivity contribution in [3.63, 3.8) is 0 Å². The standard InChI is InChI=1S/C13H18N2O/c1-8(2)11-6-12(15)9(3)5-13(11)16-10(4)7-14/h5-6,8,10H,15H2,1-4H3. The van der Waals surface area contributed by atoms with Crippen LogP contribution in [-0.2, 0) is 0 Å². The van der Waals surface area contributed by atoms with E-state index < -0.39 is 6.10 Å². The minimum Gasteiger partial charge on any atom is -0.476 e. The number of nitriles is 1. The number of nitrogens with zero attached hydrogens (tertiary/aromatic N) is 1. The van der Waals surface area contributed by atoms with E-state index in [0.29, 0.717) is 5.92 Å². The Balaban J connectivity index is 3.15. The quantitative estimate of drug-likeness (QED) is 0.793. The van der Waals surface area contributed by atoms with Gasteiger partial charge in [0.05, 0.1) is 0 Å². The number of nitrogen functional groups attached to an aromatic ring is 1. The van der Waals surface area contributed by atoms with E-state index in [1.165, 1.54) is 0 Å². The molecule has 3 nitrogen and oxygen atoms in total. The number of aryl methyl sites for hydroxylation is 1. The maximum atomic E-state index is 8.75. The SMILES string of the molecule is Cc1cc(OC(C)C#N)c(C(C)C)cc1N. The van der Waals surface area contributed by atoms with E-state index in [9.17, 15) is 0 Å². The van der Waals surface area contributed by atoms with Crippen LogP contribution in [0.15, 0.2) is 12.1 Å². The molecule has 0 saturated heterocycles. The summed E-state index contributed by atoms with van der Waals surface area (Å²) in [4.78, 5) is 0. The third-order valence-corrected chi connectivity index (χ3v) is 2.51. The van der Waals surface area contributed by atoms with Gasteiger partial charge in [0.2, 0.25) is 0 Å². The van der Waals surface area contributed by atoms with E-state index in [1.807, 2.05) is 19.1 Å². The summed E-state index contributed by atoms with van der Waals surface area (Å²) >= 11 is 0. The normalized spacial score (nSPS) is 12.2. The summed E-state index contributed by atoms with van der Waals surface area (Å²) in [5, 5.41) is 8.75. The first-order chi connectivity index (χ1) is 7.45. The molecule has 0 amide bonds. The second-order valence-corrected chi connectivity index (χ2v) is 4.29. The number of rotatable bonds is 3. The van der Waals surface area contributed by atoms with E-state index in [4.69, 9.17) is 15.7 Å². The second kappa shape index (κ2) is 4.89. The van der Waals surface area contributed by atoms with Crippen LogP contribution >= 0.6 is 0 Å². The molecular weight excluding hydrogens is 200 g/mol. The Morgan fingerprint density at radius 3 is 2.44 bits per heavy atom. The molecule has 0 aliphatic heterocycles. The van der Waals surface area contributed by atoms with Gasteiger partial charge in [0.1, 0.15) is 11.8 Å². The van der Waals surface area contributed by atoms with Gasteiger partial charge in [-0.1, -0.05) is 13.8 Å². The zero-order chi connectivity index (χ0) is 12.3. The highest BCUT2D eigenvalue weighted by Gasteiger charge is 2.12. The summed E-state index contributed by atoms with van der Waals surface area (Å²) in [6.07, 6.45) is -0.444. The molecule has 16 heavy (non-hydrogen) atoms. The van der Waals surface area contributed by atoms with Crippen molar-refractivity contribution in [2.45, 2.75) is 39.7 Å². The highest BCUT2D eigenvalue weighted by molar-refractivity contribution is 5.55. The maximum Gasteiger partial charge on any atom is 0.181 e. The third kappa shape index (κ3) is 2.66. The van der Waals surface area contributed by atoms with Crippen molar-refractivity contribution in [2.24, 2.45) is 0 Å². The number of nitrogens with two attached hydrogens (primary N) is 1. The molecule has 1 atom stereocenters. The fraction of sp³-hybridized carbons (Fsp3) is 0.462. The van der Waals surface area contributed by atoms with E-state index >= 15 is 0 Å². The highest BCUT2D eigenvalue weighted by atomic mass is 16.5. The number of hydrogen-bond acceptors (Lipinski definition) is 3. The van der Waals surface area contributed by atoms with Crippen LogP contribution in [0.2, 0.25) is 0 Å². The molecule has 0 aromatic heterocycles. The Hall–Kier alpha value is -1.69. The van der Waals surface area contributed by atoms with Crippen LogP contribution in [0.1, 0.15) is 37.8 Å². The molecule has 0 aliphatic carbocycles. The van der Waals surface area contributed by atoms with Gasteiger partial charge in [-0.25, -0.2) is 0 Å². The van der Waals surface area contributed by atoms with Crippen LogP contribution in [0.25, 0.3) is 0 Å². The molecule has 3 heteroatoms. The minimum atomic E-state index is -0.444. The molecule has 0 heterocycles. The van der Waals surface area contributed by atoms with Gasteiger partial charge in [-0.15, -0.1) is 0 Å². The van der Waals surface area contributed by atoms with Crippen molar-refractivity contribution in [3.05, 3.63) is 23.3 Å². The first-order valence-corrected chi connectivity index (χ1v) is 5.42. The van der Waals surface area contributed by atoms with Gasteiger partial charge >= 0.3 is 0 Å². The molecule has 1 unspecified atom stereocenters. The summed E-state index contributed by atoms with van der Waals surface area (Å²) in [5.74, 6) is 1.08. The number of benzene rings is 1. The van der Waals surface area contributed by atoms with Crippen molar-refractivity contribution in [1.82, 2.24) is 0 Å². The molecule has 0 bridgehead atoms. The van der Waals surface area contributed by atoms with Crippen LogP contribution < -0.4 is 10.5 Å². The first-order valence-electron chi connectivity index (χ1n) is 5.42. The van der Waals surface area contributed by atoms with E-state index in [-0.39, 0.29) is 0 Å². The van der Waals surface area contributed by atoms with Crippen LogP contribution in [0.4, 0.5) is 5.69 Å². The zero-order valence-corrected chi connectivity index (χ0v) is 10.2. The fourth-order valence-electron chi connectivity index (χ4n) is 1.49. The molecule has 1 aromatic rings. The van der Waals surface area contributed by atoms with Crippen molar-refractivity contribution in [3.8, 4) is 11.8 Å². The molecule has 0 spiro atoms. The summed E-state index contributed by atoms with van der Waals surface area (Å²) < 4.78 is 5.58. The Kier molecular flexibility index (Phi) is 3.78. The first kappa shape index (κ1) is 12.4. The fourth-order valence-corrected chi connectivity index (χ4v) is 1.49. The number of hydrogen-bond donors (Lipinski definition) is 1. The molecule has 1 rings (SSSR count). The lowest BCUT2D eigenvalue weighted by molar-refractivity contribution is 0.272. The molecule has 0 fully saturated rings. The van der Waals surface area contributed by atoms with Crippen LogP contribution in [0, 0.1) is 18.3 Å². The predicted octanol–water partition coefficient (Wildman–Crippen LogP) is 2.99. The molecule has 0 radical (unpaired) electrons. The second-order valence-electron chi connectivity index (χ2n) is 4.29. The van der Waals surface area contributed by atoms with Crippen molar-refractivity contribution in [1.29, 1.82) is 5.26 Å². The Morgan fingerprint density at radius 2 is 1.94 bits per heavy atom. The highest BCUT2D eigenvalue weighted by Crippen LogP contribution is 2.31. The smallest absolute Gasteiger partial charge is 0.181 e. The van der Waals surface area contributed by atoms with Gasteiger partial charge < -0.3 is 10.5 Å². The average Bonchev–Trinajstić information content (AvgIpc) is 2.22. The number of ether oxygens (including phenoxy) is 1. The molecule has 2 N–H and O–H groups in total. The topological polar surface area (TPSA) is 59.0 Å². The Bertz CT molecular complexity index is 419. The lowest BCUT2D eigenvalue weighted by Crippen LogP contribution is -2.11. The minimum absolute atomic E-state index is 0.323. The van der Waals surface area contributed by atoms with Crippen molar-refractivity contribution in [2.75, 3.05) is 5.73 Å². The third-order valence-electron chi connectivity index (χ3n) is 2.51. The van der Waals surface area contributed by atoms with Crippen molar-refractivity contribution < 1.29 is 4.74 Å². The van der Waals surface area contributed by atoms with Gasteiger partial charge in [0, 0.05) is 5.69 Å². The number of anilines is 1. The van der Waals surface area contributed by atoms with E-state index in [2.05, 4.69) is 19.9 Å². The van der Waals surface area contributed by atoms with Gasteiger partial charge in [0.25, 0.3) is 0 Å². The van der Waals surface area contributed by atoms with Crippen LogP contribution in [-0.4, -0.2) is 6.10 Å². The summed E-state index contributed by atoms with van der Waals surface area (Å²) in [6.45, 7) is 7.82. The molecule has 86 valence electrons. The summed E-state index contributed by atoms with van der Waals surface area (Å²) in [7, 11) is 0. The van der Waals surface area contributed by atoms with Crippen LogP contribution in [0.5, 0.6) is 5.75 Å². The van der Waals surface area contributed by atoms with Crippen molar-refractivity contribution >= 4 is 5.69 Å². The Morgan fingerprint density at radius 1 is 1.31 bits per heavy atom. The van der Waals surface area contributed by atoms with E-state index in [1.54, 1.807) is 6.92 Å². The average molecular weight is 218 g/mol. The summed E-state index contributed by atoms with van der Waals surface area (Å²) in [6, 6.07) is 5.89. The lowest BCUT2D eigenvalue weighted by atomic mass is 9.99. The lowest BCUT2D eigenvalue weighted by Gasteiger charge is -2.17. The zero-order valence-electron chi connectivity index (χ0n) is 10.2.